The van der Waals surface area contributed by atoms with Gasteiger partial charge in [-0.25, -0.2) is 13.8 Å². The van der Waals surface area contributed by atoms with Gasteiger partial charge in [0, 0.05) is 13.5 Å². The normalized spacial score (nSPS) is 11.2. The summed E-state index contributed by atoms with van der Waals surface area (Å²) in [4.78, 5) is 3.64. The second-order valence-corrected chi connectivity index (χ2v) is 2.66. The van der Waals surface area contributed by atoms with E-state index >= 15 is 0 Å². The number of oxazole rings is 1. The van der Waals surface area contributed by atoms with Crippen molar-refractivity contribution in [2.45, 2.75) is 19.4 Å². The Kier molecular flexibility index (Phi) is 3.97. The second kappa shape index (κ2) is 5.02. The van der Waals surface area contributed by atoms with Crippen LogP contribution in [0.4, 0.5) is 8.78 Å². The zero-order chi connectivity index (χ0) is 10.6. The van der Waals surface area contributed by atoms with Gasteiger partial charge in [0.2, 0.25) is 0 Å². The van der Waals surface area contributed by atoms with Gasteiger partial charge >= 0.3 is 0 Å². The molecular formula is C8H12F2N2O2. The maximum Gasteiger partial charge on any atom is 0.283 e. The first-order valence-corrected chi connectivity index (χ1v) is 4.14. The third-order valence-electron chi connectivity index (χ3n) is 1.68. The molecule has 14 heavy (non-hydrogen) atoms. The molecule has 1 aromatic rings. The molecule has 80 valence electrons. The number of alkyl halides is 2. The molecule has 0 amide bonds. The van der Waals surface area contributed by atoms with Gasteiger partial charge in [0.15, 0.2) is 5.89 Å². The molecule has 0 saturated carbocycles. The highest BCUT2D eigenvalue weighted by Gasteiger charge is 2.19. The Morgan fingerprint density at radius 2 is 2.29 bits per heavy atom. The van der Waals surface area contributed by atoms with E-state index in [1.54, 1.807) is 0 Å². The molecule has 0 aliphatic rings. The summed E-state index contributed by atoms with van der Waals surface area (Å²) < 4.78 is 34.5. The minimum atomic E-state index is -2.64. The highest BCUT2D eigenvalue weighted by atomic mass is 19.3. The Labute approximate surface area is 80.1 Å². The van der Waals surface area contributed by atoms with Crippen molar-refractivity contribution in [3.05, 3.63) is 17.3 Å². The number of aromatic nitrogens is 1. The molecule has 0 aliphatic carbocycles. The van der Waals surface area contributed by atoms with Crippen LogP contribution in [0.25, 0.3) is 0 Å². The van der Waals surface area contributed by atoms with Gasteiger partial charge in [-0.1, -0.05) is 0 Å². The van der Waals surface area contributed by atoms with Crippen LogP contribution in [0.2, 0.25) is 0 Å². The van der Waals surface area contributed by atoms with Gasteiger partial charge in [0.1, 0.15) is 11.5 Å². The van der Waals surface area contributed by atoms with E-state index in [1.807, 2.05) is 0 Å². The van der Waals surface area contributed by atoms with Gasteiger partial charge in [-0.3, -0.25) is 0 Å². The van der Waals surface area contributed by atoms with Gasteiger partial charge in [0.25, 0.3) is 6.43 Å². The van der Waals surface area contributed by atoms with Gasteiger partial charge in [-0.2, -0.15) is 0 Å². The number of hydrogen-bond donors (Lipinski definition) is 1. The second-order valence-electron chi connectivity index (χ2n) is 2.66. The third kappa shape index (κ3) is 2.49. The maximum absolute atomic E-state index is 12.3. The maximum atomic E-state index is 12.3. The Hall–Kier alpha value is -1.01. The van der Waals surface area contributed by atoms with Crippen molar-refractivity contribution >= 4 is 0 Å². The lowest BCUT2D eigenvalue weighted by Gasteiger charge is -1.93. The number of hydrogen-bond acceptors (Lipinski definition) is 4. The summed E-state index contributed by atoms with van der Waals surface area (Å²) in [5.41, 5.74) is 4.87. The molecule has 4 nitrogen and oxygen atoms in total. The quantitative estimate of drug-likeness (QED) is 0.787. The molecule has 0 spiro atoms. The minimum Gasteiger partial charge on any atom is -0.444 e. The lowest BCUT2D eigenvalue weighted by Crippen LogP contribution is -1.99. The van der Waals surface area contributed by atoms with Crippen molar-refractivity contribution in [1.82, 2.24) is 4.98 Å². The van der Waals surface area contributed by atoms with E-state index in [2.05, 4.69) is 4.98 Å². The van der Waals surface area contributed by atoms with Gasteiger partial charge < -0.3 is 14.9 Å². The van der Waals surface area contributed by atoms with Crippen molar-refractivity contribution in [2.75, 3.05) is 13.7 Å². The summed E-state index contributed by atoms with van der Waals surface area (Å²) in [6.07, 6.45) is -2.27. The molecule has 0 unspecified atom stereocenters. The summed E-state index contributed by atoms with van der Waals surface area (Å²) >= 11 is 0. The molecule has 0 aromatic carbocycles. The number of halogens is 2. The highest BCUT2D eigenvalue weighted by molar-refractivity contribution is 5.11. The monoisotopic (exact) mass is 206 g/mol. The molecule has 6 heteroatoms. The molecule has 0 bridgehead atoms. The molecule has 0 atom stereocenters. The highest BCUT2D eigenvalue weighted by Crippen LogP contribution is 2.22. The predicted octanol–water partition coefficient (Wildman–Crippen LogP) is 1.26. The Balaban J connectivity index is 2.78. The van der Waals surface area contributed by atoms with Crippen LogP contribution in [0.3, 0.4) is 0 Å². The van der Waals surface area contributed by atoms with Crippen molar-refractivity contribution in [3.63, 3.8) is 0 Å². The largest absolute Gasteiger partial charge is 0.444 e. The molecule has 1 rings (SSSR count). The van der Waals surface area contributed by atoms with Crippen LogP contribution in [0.1, 0.15) is 23.8 Å². The van der Waals surface area contributed by atoms with E-state index in [0.717, 1.165) is 0 Å². The third-order valence-corrected chi connectivity index (χ3v) is 1.68. The van der Waals surface area contributed by atoms with Crippen LogP contribution in [0, 0.1) is 0 Å². The van der Waals surface area contributed by atoms with Gasteiger partial charge in [0.05, 0.1) is 13.2 Å². The molecule has 0 fully saturated rings. The molecule has 0 aliphatic heterocycles. The smallest absolute Gasteiger partial charge is 0.283 e. The van der Waals surface area contributed by atoms with E-state index in [1.165, 1.54) is 7.11 Å². The Morgan fingerprint density at radius 1 is 1.57 bits per heavy atom. The zero-order valence-corrected chi connectivity index (χ0v) is 7.80. The van der Waals surface area contributed by atoms with Crippen molar-refractivity contribution < 1.29 is 17.9 Å². The molecular weight excluding hydrogens is 194 g/mol. The summed E-state index contributed by atoms with van der Waals surface area (Å²) in [7, 11) is 1.51. The van der Waals surface area contributed by atoms with Crippen molar-refractivity contribution in [3.8, 4) is 0 Å². The molecule has 0 radical (unpaired) electrons. The van der Waals surface area contributed by atoms with E-state index in [4.69, 9.17) is 14.9 Å². The number of nitrogens with two attached hydrogens (primary N) is 1. The van der Waals surface area contributed by atoms with Crippen molar-refractivity contribution in [1.29, 1.82) is 0 Å². The average Bonchev–Trinajstić information content (AvgIpc) is 2.57. The first-order valence-electron chi connectivity index (χ1n) is 4.14. The van der Waals surface area contributed by atoms with E-state index in [0.29, 0.717) is 13.0 Å². The average molecular weight is 206 g/mol. The van der Waals surface area contributed by atoms with E-state index < -0.39 is 6.43 Å². The van der Waals surface area contributed by atoms with E-state index in [-0.39, 0.29) is 23.9 Å². The van der Waals surface area contributed by atoms with Gasteiger partial charge in [-0.05, 0) is 0 Å². The zero-order valence-electron chi connectivity index (χ0n) is 7.80. The predicted molar refractivity (Wildman–Crippen MR) is 44.9 cm³/mol. The Bertz CT molecular complexity index is 289. The Morgan fingerprint density at radius 3 is 2.71 bits per heavy atom. The summed E-state index contributed by atoms with van der Waals surface area (Å²) in [5, 5.41) is 0. The number of methoxy groups -OCH3 is 1. The summed E-state index contributed by atoms with van der Waals surface area (Å²) in [5.74, 6) is 0.286. The fourth-order valence-corrected chi connectivity index (χ4v) is 1.03. The lowest BCUT2D eigenvalue weighted by molar-refractivity contribution is 0.144. The number of nitrogens with zero attached hydrogens (tertiary/aromatic N) is 1. The molecule has 0 saturated heterocycles. The first kappa shape index (κ1) is 11.1. The van der Waals surface area contributed by atoms with Crippen LogP contribution < -0.4 is 5.73 Å². The fourth-order valence-electron chi connectivity index (χ4n) is 1.03. The van der Waals surface area contributed by atoms with Crippen molar-refractivity contribution in [2.24, 2.45) is 5.73 Å². The molecule has 1 aromatic heterocycles. The van der Waals surface area contributed by atoms with Crippen LogP contribution in [-0.4, -0.2) is 18.7 Å². The summed E-state index contributed by atoms with van der Waals surface area (Å²) in [6, 6.07) is 0. The van der Waals surface area contributed by atoms with Crippen LogP contribution in [-0.2, 0) is 17.7 Å². The topological polar surface area (TPSA) is 61.3 Å². The summed E-state index contributed by atoms with van der Waals surface area (Å²) in [6.45, 7) is 0.312. The fraction of sp³-hybridized carbons (Fsp3) is 0.625. The lowest BCUT2D eigenvalue weighted by atomic mass is 10.3. The van der Waals surface area contributed by atoms with Crippen LogP contribution in [0.15, 0.2) is 4.42 Å². The number of rotatable bonds is 5. The first-order chi connectivity index (χ1) is 6.69. The SMILES string of the molecule is COCCc1nc(C(F)F)c(CN)o1. The minimum absolute atomic E-state index is 0.0473. The standard InChI is InChI=1S/C8H12F2N2O2/c1-13-3-2-6-12-7(8(9)10)5(4-11)14-6/h8H,2-4,11H2,1H3. The number of ether oxygens (including phenoxy) is 1. The molecule has 1 heterocycles. The van der Waals surface area contributed by atoms with E-state index in [9.17, 15) is 8.78 Å². The van der Waals surface area contributed by atoms with Crippen LogP contribution in [0.5, 0.6) is 0 Å². The molecule has 2 N–H and O–H groups in total. The van der Waals surface area contributed by atoms with Gasteiger partial charge in [-0.15, -0.1) is 0 Å². The van der Waals surface area contributed by atoms with Crippen LogP contribution >= 0.6 is 0 Å².